The summed E-state index contributed by atoms with van der Waals surface area (Å²) < 4.78 is 35.6. The van der Waals surface area contributed by atoms with Crippen molar-refractivity contribution in [2.45, 2.75) is 128 Å². The highest BCUT2D eigenvalue weighted by Gasteiger charge is 2.27. The number of ether oxygens (including phenoxy) is 1. The van der Waals surface area contributed by atoms with Crippen LogP contribution in [0.1, 0.15) is 83.1 Å². The molecule has 1 nitrogen and oxygen atoms in total. The lowest BCUT2D eigenvalue weighted by Crippen LogP contribution is -2.37. The Morgan fingerprint density at radius 2 is 1.11 bits per heavy atom. The lowest BCUT2D eigenvalue weighted by atomic mass is 9.98. The smallest absolute Gasteiger partial charge is 0.201 e. The maximum atomic E-state index is 15.1. The maximum absolute atomic E-state index is 15.1. The molecule has 0 amide bonds. The molecule has 3 rings (SSSR count). The SMILES string of the molecule is CCCCCCCc1ccc(-c2ccc(-c3ccc(OCCCCCCCC[Si](C)(C)C[Si](C)(C)C)c(F)c3F)cc2)cc1. The quantitative estimate of drug-likeness (QED) is 0.0885. The molecule has 242 valence electrons. The molecular formula is C39H58F2OSi2. The molecule has 5 heteroatoms. The van der Waals surface area contributed by atoms with E-state index in [0.29, 0.717) is 12.2 Å². The van der Waals surface area contributed by atoms with E-state index in [1.807, 2.05) is 24.3 Å². The summed E-state index contributed by atoms with van der Waals surface area (Å²) in [6, 6.07) is 21.0. The van der Waals surface area contributed by atoms with Gasteiger partial charge in [-0.1, -0.05) is 158 Å². The van der Waals surface area contributed by atoms with Crippen LogP contribution in [0.5, 0.6) is 5.75 Å². The van der Waals surface area contributed by atoms with Crippen LogP contribution < -0.4 is 4.74 Å². The summed E-state index contributed by atoms with van der Waals surface area (Å²) in [4.78, 5) is 0. The molecule has 0 saturated carbocycles. The standard InChI is InChI=1S/C39H58F2OSi2/c1-7-8-9-12-15-18-32-19-21-33(22-20-32)34-23-25-35(26-24-34)36-27-28-37(39(41)38(36)40)42-29-16-13-10-11-14-17-30-44(5,6)31-43(2,3)4/h19-28H,7-18,29-31H2,1-6H3. The van der Waals surface area contributed by atoms with Gasteiger partial charge in [-0.2, -0.15) is 4.39 Å². The van der Waals surface area contributed by atoms with Crippen molar-refractivity contribution in [3.05, 3.63) is 77.9 Å². The highest BCUT2D eigenvalue weighted by atomic mass is 28.4. The predicted octanol–water partition coefficient (Wildman–Crippen LogP) is 13.1. The van der Waals surface area contributed by atoms with E-state index in [-0.39, 0.29) is 11.3 Å². The highest BCUT2D eigenvalue weighted by molar-refractivity contribution is 6.94. The molecule has 3 aromatic carbocycles. The van der Waals surface area contributed by atoms with Crippen LogP contribution in [0.3, 0.4) is 0 Å². The second-order valence-corrected chi connectivity index (χ2v) is 26.2. The van der Waals surface area contributed by atoms with E-state index in [4.69, 9.17) is 4.74 Å². The Hall–Kier alpha value is -2.25. The molecule has 0 atom stereocenters. The van der Waals surface area contributed by atoms with Crippen LogP contribution in [0.2, 0.25) is 44.4 Å². The second-order valence-electron chi connectivity index (χ2n) is 14.8. The van der Waals surface area contributed by atoms with Crippen molar-refractivity contribution in [1.29, 1.82) is 0 Å². The molecule has 0 fully saturated rings. The van der Waals surface area contributed by atoms with Crippen molar-refractivity contribution < 1.29 is 13.5 Å². The summed E-state index contributed by atoms with van der Waals surface area (Å²) >= 11 is 0. The Labute approximate surface area is 269 Å². The Morgan fingerprint density at radius 1 is 0.568 bits per heavy atom. The predicted molar refractivity (Wildman–Crippen MR) is 193 cm³/mol. The van der Waals surface area contributed by atoms with Gasteiger partial charge in [-0.25, -0.2) is 4.39 Å². The van der Waals surface area contributed by atoms with Gasteiger partial charge in [-0.15, -0.1) is 0 Å². The van der Waals surface area contributed by atoms with Crippen LogP contribution in [-0.2, 0) is 6.42 Å². The first-order valence-electron chi connectivity index (χ1n) is 17.3. The van der Waals surface area contributed by atoms with Crippen molar-refractivity contribution in [3.8, 4) is 28.0 Å². The lowest BCUT2D eigenvalue weighted by Gasteiger charge is -2.29. The molecule has 0 aliphatic carbocycles. The van der Waals surface area contributed by atoms with Gasteiger partial charge in [0.25, 0.3) is 0 Å². The van der Waals surface area contributed by atoms with Gasteiger partial charge in [0.1, 0.15) is 0 Å². The fourth-order valence-electron chi connectivity index (χ4n) is 6.62. The molecule has 0 aliphatic rings. The lowest BCUT2D eigenvalue weighted by molar-refractivity contribution is 0.285. The number of halogens is 2. The van der Waals surface area contributed by atoms with Gasteiger partial charge in [-0.05, 0) is 53.6 Å². The normalized spacial score (nSPS) is 12.1. The zero-order chi connectivity index (χ0) is 32.0. The molecule has 0 aliphatic heterocycles. The molecule has 0 heterocycles. The average molecular weight is 637 g/mol. The minimum atomic E-state index is -1.04. The molecular weight excluding hydrogens is 579 g/mol. The first kappa shape index (κ1) is 36.2. The maximum Gasteiger partial charge on any atom is 0.201 e. The Balaban J connectivity index is 1.41. The summed E-state index contributed by atoms with van der Waals surface area (Å²) in [7, 11) is -2.01. The van der Waals surface area contributed by atoms with Gasteiger partial charge in [0.05, 0.1) is 6.61 Å². The number of hydrogen-bond donors (Lipinski definition) is 0. The molecule has 0 bridgehead atoms. The van der Waals surface area contributed by atoms with Gasteiger partial charge in [-0.3, -0.25) is 0 Å². The van der Waals surface area contributed by atoms with Crippen LogP contribution in [0.4, 0.5) is 8.78 Å². The number of rotatable bonds is 20. The molecule has 0 spiro atoms. The van der Waals surface area contributed by atoms with E-state index in [9.17, 15) is 4.39 Å². The monoisotopic (exact) mass is 636 g/mol. The van der Waals surface area contributed by atoms with Crippen LogP contribution in [-0.4, -0.2) is 22.8 Å². The number of hydrogen-bond acceptors (Lipinski definition) is 1. The molecule has 0 radical (unpaired) electrons. The van der Waals surface area contributed by atoms with Gasteiger partial charge >= 0.3 is 0 Å². The molecule has 0 aromatic heterocycles. The summed E-state index contributed by atoms with van der Waals surface area (Å²) in [6.45, 7) is 15.3. The van der Waals surface area contributed by atoms with Crippen molar-refractivity contribution in [2.75, 3.05) is 6.61 Å². The molecule has 0 unspecified atom stereocenters. The van der Waals surface area contributed by atoms with Crippen LogP contribution >= 0.6 is 0 Å². The molecule has 0 saturated heterocycles. The van der Waals surface area contributed by atoms with Crippen LogP contribution in [0.25, 0.3) is 22.3 Å². The largest absolute Gasteiger partial charge is 0.490 e. The summed E-state index contributed by atoms with van der Waals surface area (Å²) in [5.74, 6) is -1.75. The second kappa shape index (κ2) is 18.0. The molecule has 3 aromatic rings. The zero-order valence-corrected chi connectivity index (χ0v) is 30.5. The van der Waals surface area contributed by atoms with Gasteiger partial charge < -0.3 is 4.74 Å². The third-order valence-corrected chi connectivity index (χ3v) is 18.4. The van der Waals surface area contributed by atoms with E-state index >= 15 is 4.39 Å². The summed E-state index contributed by atoms with van der Waals surface area (Å²) in [6.07, 6.45) is 14.6. The highest BCUT2D eigenvalue weighted by Crippen LogP contribution is 2.32. The minimum absolute atomic E-state index is 0.00270. The summed E-state index contributed by atoms with van der Waals surface area (Å²) in [5.41, 5.74) is 6.01. The zero-order valence-electron chi connectivity index (χ0n) is 28.5. The van der Waals surface area contributed by atoms with Crippen LogP contribution in [0, 0.1) is 11.6 Å². The Morgan fingerprint density at radius 3 is 1.75 bits per heavy atom. The fourth-order valence-corrected chi connectivity index (χ4v) is 20.0. The van der Waals surface area contributed by atoms with E-state index < -0.39 is 27.8 Å². The van der Waals surface area contributed by atoms with Crippen molar-refractivity contribution in [3.63, 3.8) is 0 Å². The Kier molecular flexibility index (Phi) is 14.9. The van der Waals surface area contributed by atoms with Gasteiger partial charge in [0.2, 0.25) is 5.82 Å². The van der Waals surface area contributed by atoms with E-state index in [1.54, 1.807) is 12.1 Å². The van der Waals surface area contributed by atoms with E-state index in [2.05, 4.69) is 63.9 Å². The molecule has 0 N–H and O–H groups in total. The van der Waals surface area contributed by atoms with E-state index in [0.717, 1.165) is 30.4 Å². The van der Waals surface area contributed by atoms with Crippen LogP contribution in [0.15, 0.2) is 60.7 Å². The summed E-state index contributed by atoms with van der Waals surface area (Å²) in [5, 5.41) is 0. The first-order chi connectivity index (χ1) is 21.0. The topological polar surface area (TPSA) is 9.23 Å². The Bertz CT molecular complexity index is 1250. The number of aryl methyl sites for hydroxylation is 1. The van der Waals surface area contributed by atoms with Crippen molar-refractivity contribution in [2.24, 2.45) is 0 Å². The first-order valence-corrected chi connectivity index (χ1v) is 24.4. The van der Waals surface area contributed by atoms with Crippen molar-refractivity contribution >= 4 is 16.1 Å². The molecule has 44 heavy (non-hydrogen) atoms. The van der Waals surface area contributed by atoms with Crippen molar-refractivity contribution in [1.82, 2.24) is 0 Å². The third kappa shape index (κ3) is 12.6. The van der Waals surface area contributed by atoms with Gasteiger partial charge in [0.15, 0.2) is 11.6 Å². The number of benzene rings is 3. The number of unbranched alkanes of at least 4 members (excludes halogenated alkanes) is 9. The average Bonchev–Trinajstić information content (AvgIpc) is 2.97. The fraction of sp³-hybridized carbons (Fsp3) is 0.538. The third-order valence-electron chi connectivity index (χ3n) is 8.61. The van der Waals surface area contributed by atoms with Gasteiger partial charge in [0, 0.05) is 21.7 Å². The minimum Gasteiger partial charge on any atom is -0.490 e. The van der Waals surface area contributed by atoms with E-state index in [1.165, 1.54) is 75.1 Å².